The lowest BCUT2D eigenvalue weighted by Gasteiger charge is -2.31. The lowest BCUT2D eigenvalue weighted by Crippen LogP contribution is -2.38. The van der Waals surface area contributed by atoms with Crippen LogP contribution in [-0.2, 0) is 4.79 Å². The van der Waals surface area contributed by atoms with E-state index in [9.17, 15) is 4.79 Å². The summed E-state index contributed by atoms with van der Waals surface area (Å²) < 4.78 is 1.25. The maximum absolute atomic E-state index is 12.6. The van der Waals surface area contributed by atoms with Crippen molar-refractivity contribution in [3.63, 3.8) is 0 Å². The summed E-state index contributed by atoms with van der Waals surface area (Å²) in [6.07, 6.45) is 1.97. The van der Waals surface area contributed by atoms with Crippen LogP contribution in [0.3, 0.4) is 0 Å². The molecule has 5 rings (SSSR count). The van der Waals surface area contributed by atoms with Crippen LogP contribution in [-0.4, -0.2) is 44.6 Å². The fourth-order valence-corrected chi connectivity index (χ4v) is 5.58. The number of carbonyl (C=O) groups excluding carboxylic acids is 1. The summed E-state index contributed by atoms with van der Waals surface area (Å²) in [5.74, 6) is 1.07. The van der Waals surface area contributed by atoms with Gasteiger partial charge in [0.1, 0.15) is 0 Å². The van der Waals surface area contributed by atoms with Gasteiger partial charge in [-0.2, -0.15) is 0 Å². The van der Waals surface area contributed by atoms with Gasteiger partial charge < -0.3 is 9.88 Å². The van der Waals surface area contributed by atoms with Crippen LogP contribution in [0, 0.1) is 0 Å². The highest BCUT2D eigenvalue weighted by atomic mass is 32.2. The third kappa shape index (κ3) is 3.52. The summed E-state index contributed by atoms with van der Waals surface area (Å²) in [6.45, 7) is 1.61. The van der Waals surface area contributed by atoms with Crippen molar-refractivity contribution < 1.29 is 4.79 Å². The molecule has 4 aromatic rings. The Kier molecular flexibility index (Phi) is 4.78. The molecule has 2 aromatic heterocycles. The first-order chi connectivity index (χ1) is 13.8. The molecule has 1 fully saturated rings. The Hall–Kier alpha value is -2.38. The monoisotopic (exact) mass is 408 g/mol. The van der Waals surface area contributed by atoms with E-state index in [2.05, 4.69) is 28.2 Å². The second-order valence-corrected chi connectivity index (χ2v) is 9.05. The van der Waals surface area contributed by atoms with E-state index < -0.39 is 0 Å². The Morgan fingerprint density at radius 2 is 1.82 bits per heavy atom. The highest BCUT2D eigenvalue weighted by Crippen LogP contribution is 2.34. The Bertz CT molecular complexity index is 1060. The number of amides is 1. The summed E-state index contributed by atoms with van der Waals surface area (Å²) in [5, 5.41) is 2.02. The molecule has 2 aromatic carbocycles. The number of fused-ring (bicyclic) bond motifs is 2. The van der Waals surface area contributed by atoms with Crippen molar-refractivity contribution in [2.45, 2.75) is 23.9 Å². The first-order valence-electron chi connectivity index (χ1n) is 9.47. The van der Waals surface area contributed by atoms with E-state index in [-0.39, 0.29) is 5.91 Å². The quantitative estimate of drug-likeness (QED) is 0.499. The summed E-state index contributed by atoms with van der Waals surface area (Å²) in [6, 6.07) is 16.2. The number of hydrogen-bond donors (Lipinski definition) is 1. The Morgan fingerprint density at radius 1 is 1.07 bits per heavy atom. The van der Waals surface area contributed by atoms with Crippen LogP contribution in [0.1, 0.15) is 23.8 Å². The highest BCUT2D eigenvalue weighted by Gasteiger charge is 2.26. The van der Waals surface area contributed by atoms with Crippen molar-refractivity contribution >= 4 is 50.3 Å². The Morgan fingerprint density at radius 3 is 2.61 bits per heavy atom. The van der Waals surface area contributed by atoms with Gasteiger partial charge in [-0.05, 0) is 37.1 Å². The van der Waals surface area contributed by atoms with Crippen molar-refractivity contribution in [3.8, 4) is 0 Å². The van der Waals surface area contributed by atoms with Gasteiger partial charge in [0.25, 0.3) is 0 Å². The zero-order valence-corrected chi connectivity index (χ0v) is 16.9. The minimum Gasteiger partial charge on any atom is -0.342 e. The van der Waals surface area contributed by atoms with Gasteiger partial charge in [0.2, 0.25) is 5.91 Å². The Balaban J connectivity index is 1.17. The molecule has 0 atom stereocenters. The maximum atomic E-state index is 12.6. The fraction of sp³-hybridized carbons (Fsp3) is 0.286. The number of thiazole rings is 1. The standard InChI is InChI=1S/C21H20N4OS2/c26-19(13-27-21-23-15-5-1-2-6-16(15)24-21)25-11-9-14(10-12-25)20-22-17-7-3-4-8-18(17)28-20/h1-8,14H,9-13H2,(H,23,24). The van der Waals surface area contributed by atoms with Crippen LogP contribution in [0.5, 0.6) is 0 Å². The van der Waals surface area contributed by atoms with Gasteiger partial charge >= 0.3 is 0 Å². The van der Waals surface area contributed by atoms with Gasteiger partial charge in [0.15, 0.2) is 5.16 Å². The van der Waals surface area contributed by atoms with Crippen LogP contribution in [0.15, 0.2) is 53.7 Å². The number of benzene rings is 2. The van der Waals surface area contributed by atoms with Gasteiger partial charge in [-0.1, -0.05) is 36.0 Å². The van der Waals surface area contributed by atoms with Crippen molar-refractivity contribution in [1.82, 2.24) is 19.9 Å². The molecule has 1 saturated heterocycles. The zero-order chi connectivity index (χ0) is 18.9. The van der Waals surface area contributed by atoms with E-state index in [1.54, 1.807) is 11.3 Å². The van der Waals surface area contributed by atoms with Gasteiger partial charge in [-0.3, -0.25) is 4.79 Å². The molecule has 1 aliphatic rings. The predicted molar refractivity (Wildman–Crippen MR) is 115 cm³/mol. The molecule has 7 heteroatoms. The number of nitrogens with zero attached hydrogens (tertiary/aromatic N) is 3. The van der Waals surface area contributed by atoms with E-state index in [1.807, 2.05) is 35.2 Å². The van der Waals surface area contributed by atoms with Crippen molar-refractivity contribution in [1.29, 1.82) is 0 Å². The lowest BCUT2D eigenvalue weighted by molar-refractivity contribution is -0.129. The van der Waals surface area contributed by atoms with E-state index in [1.165, 1.54) is 21.5 Å². The third-order valence-electron chi connectivity index (χ3n) is 5.21. The number of carbonyl (C=O) groups is 1. The van der Waals surface area contributed by atoms with Gasteiger partial charge in [-0.15, -0.1) is 11.3 Å². The smallest absolute Gasteiger partial charge is 0.233 e. The second-order valence-electron chi connectivity index (χ2n) is 7.02. The van der Waals surface area contributed by atoms with Crippen LogP contribution >= 0.6 is 23.1 Å². The zero-order valence-electron chi connectivity index (χ0n) is 15.3. The lowest BCUT2D eigenvalue weighted by atomic mass is 9.97. The number of aromatic amines is 1. The first-order valence-corrected chi connectivity index (χ1v) is 11.3. The van der Waals surface area contributed by atoms with Crippen molar-refractivity contribution in [2.75, 3.05) is 18.8 Å². The molecule has 142 valence electrons. The van der Waals surface area contributed by atoms with Crippen LogP contribution in [0.2, 0.25) is 0 Å². The molecule has 1 aliphatic heterocycles. The van der Waals surface area contributed by atoms with E-state index in [4.69, 9.17) is 4.98 Å². The SMILES string of the molecule is O=C(CSc1nc2ccccc2[nH]1)N1CCC(c2nc3ccccc3s2)CC1. The normalized spacial score (nSPS) is 15.5. The first kappa shape index (κ1) is 17.7. The summed E-state index contributed by atoms with van der Waals surface area (Å²) in [7, 11) is 0. The Labute approximate surface area is 171 Å². The molecule has 0 radical (unpaired) electrons. The molecule has 1 N–H and O–H groups in total. The molecule has 5 nitrogen and oxygen atoms in total. The molecule has 0 bridgehead atoms. The number of likely N-dealkylation sites (tertiary alicyclic amines) is 1. The molecule has 28 heavy (non-hydrogen) atoms. The van der Waals surface area contributed by atoms with Gasteiger partial charge in [0, 0.05) is 19.0 Å². The van der Waals surface area contributed by atoms with Crippen molar-refractivity contribution in [2.24, 2.45) is 0 Å². The number of hydrogen-bond acceptors (Lipinski definition) is 5. The van der Waals surface area contributed by atoms with Gasteiger partial charge in [-0.25, -0.2) is 9.97 Å². The number of aromatic nitrogens is 3. The average Bonchev–Trinajstić information content (AvgIpc) is 3.35. The third-order valence-corrected chi connectivity index (χ3v) is 7.26. The topological polar surface area (TPSA) is 61.9 Å². The summed E-state index contributed by atoms with van der Waals surface area (Å²) in [4.78, 5) is 27.2. The predicted octanol–water partition coefficient (Wildman–Crippen LogP) is 4.67. The molecule has 3 heterocycles. The maximum Gasteiger partial charge on any atom is 0.233 e. The van der Waals surface area contributed by atoms with Crippen LogP contribution in [0.4, 0.5) is 0 Å². The van der Waals surface area contributed by atoms with Gasteiger partial charge in [0.05, 0.1) is 32.0 Å². The molecule has 0 saturated carbocycles. The molecule has 0 unspecified atom stereocenters. The molecular weight excluding hydrogens is 388 g/mol. The number of thioether (sulfide) groups is 1. The molecule has 0 spiro atoms. The molecule has 0 aliphatic carbocycles. The minimum atomic E-state index is 0.188. The van der Waals surface area contributed by atoms with Crippen molar-refractivity contribution in [3.05, 3.63) is 53.5 Å². The number of imidazole rings is 1. The number of H-pyrrole nitrogens is 1. The summed E-state index contributed by atoms with van der Waals surface area (Å²) >= 11 is 3.27. The van der Waals surface area contributed by atoms with Crippen LogP contribution < -0.4 is 0 Å². The second kappa shape index (κ2) is 7.56. The van der Waals surface area contributed by atoms with E-state index in [0.717, 1.165) is 47.6 Å². The minimum absolute atomic E-state index is 0.188. The van der Waals surface area contributed by atoms with Crippen LogP contribution in [0.25, 0.3) is 21.3 Å². The number of piperidine rings is 1. The number of rotatable bonds is 4. The number of nitrogens with one attached hydrogen (secondary N) is 1. The summed E-state index contributed by atoms with van der Waals surface area (Å²) in [5.41, 5.74) is 3.03. The largest absolute Gasteiger partial charge is 0.342 e. The molecular formula is C21H20N4OS2. The average molecular weight is 409 g/mol. The van der Waals surface area contributed by atoms with E-state index >= 15 is 0 Å². The molecule has 1 amide bonds. The number of para-hydroxylation sites is 3. The fourth-order valence-electron chi connectivity index (χ4n) is 3.66. The highest BCUT2D eigenvalue weighted by molar-refractivity contribution is 7.99. The van der Waals surface area contributed by atoms with E-state index in [0.29, 0.717) is 11.7 Å².